The molecule has 10 heteroatoms. The molecule has 0 radical (unpaired) electrons. The second-order valence-electron chi connectivity index (χ2n) is 4.72. The normalized spacial score (nSPS) is 16.7. The van der Waals surface area contributed by atoms with Crippen molar-refractivity contribution in [3.05, 3.63) is 29.3 Å². The van der Waals surface area contributed by atoms with E-state index >= 15 is 0 Å². The first-order valence-corrected chi connectivity index (χ1v) is 9.78. The van der Waals surface area contributed by atoms with Gasteiger partial charge in [-0.05, 0) is 11.6 Å². The summed E-state index contributed by atoms with van der Waals surface area (Å²) in [6, 6.07) is 4.96. The molecule has 0 aromatic heterocycles. The molecule has 22 heavy (non-hydrogen) atoms. The number of sulfonamides is 1. The Labute approximate surface area is 129 Å². The maximum atomic E-state index is 11.5. The lowest BCUT2D eigenvalue weighted by molar-refractivity contribution is 0.251. The van der Waals surface area contributed by atoms with Gasteiger partial charge >= 0.3 is 0 Å². The van der Waals surface area contributed by atoms with Crippen molar-refractivity contribution in [2.45, 2.75) is 12.2 Å². The molecule has 0 saturated heterocycles. The van der Waals surface area contributed by atoms with Gasteiger partial charge in [0.15, 0.2) is 0 Å². The van der Waals surface area contributed by atoms with Gasteiger partial charge < -0.3 is 10.5 Å². The van der Waals surface area contributed by atoms with E-state index < -0.39 is 20.1 Å². The van der Waals surface area contributed by atoms with E-state index in [-0.39, 0.29) is 24.8 Å². The van der Waals surface area contributed by atoms with Gasteiger partial charge in [-0.3, -0.25) is 4.18 Å². The quantitative estimate of drug-likeness (QED) is 0.565. The van der Waals surface area contributed by atoms with Crippen LogP contribution in [0.25, 0.3) is 0 Å². The zero-order valence-electron chi connectivity index (χ0n) is 11.9. The van der Waals surface area contributed by atoms with Gasteiger partial charge in [0.1, 0.15) is 11.6 Å². The molecule has 0 fully saturated rings. The summed E-state index contributed by atoms with van der Waals surface area (Å²) in [5.74, 6) is 0.0782. The van der Waals surface area contributed by atoms with Crippen molar-refractivity contribution < 1.29 is 25.8 Å². The first-order valence-electron chi connectivity index (χ1n) is 6.35. The van der Waals surface area contributed by atoms with Crippen LogP contribution in [0.15, 0.2) is 22.6 Å². The number of ether oxygens (including phenoxy) is 1. The minimum atomic E-state index is -3.59. The third kappa shape index (κ3) is 4.42. The average molecular weight is 348 g/mol. The fourth-order valence-electron chi connectivity index (χ4n) is 1.98. The summed E-state index contributed by atoms with van der Waals surface area (Å²) in [5, 5.41) is 0. The van der Waals surface area contributed by atoms with Gasteiger partial charge in [-0.25, -0.2) is 8.42 Å². The Balaban J connectivity index is 2.05. The summed E-state index contributed by atoms with van der Waals surface area (Å²) in [5.41, 5.74) is 6.68. The Morgan fingerprint density at radius 1 is 1.32 bits per heavy atom. The number of benzene rings is 1. The standard InChI is InChI=1S/C12H16N2O6S2/c1-21(15,16)20-7-3-6-19-10-5-2-4-9-8-22(17,18)14-12(13)11(9)10/h2,4-5H,3,6-8H2,1H3,(H2,13,14). The van der Waals surface area contributed by atoms with Crippen molar-refractivity contribution in [2.24, 2.45) is 10.1 Å². The molecular formula is C12H16N2O6S2. The van der Waals surface area contributed by atoms with Crippen LogP contribution in [0.4, 0.5) is 0 Å². The topological polar surface area (TPSA) is 125 Å². The number of nitrogens with two attached hydrogens (primary N) is 1. The molecule has 1 aliphatic heterocycles. The lowest BCUT2D eigenvalue weighted by Gasteiger charge is -2.18. The van der Waals surface area contributed by atoms with Crippen LogP contribution in [-0.2, 0) is 30.1 Å². The van der Waals surface area contributed by atoms with E-state index in [9.17, 15) is 16.8 Å². The lowest BCUT2D eigenvalue weighted by atomic mass is 10.1. The first-order chi connectivity index (χ1) is 10.2. The molecule has 1 aromatic carbocycles. The SMILES string of the molecule is CS(=O)(=O)OCCCOc1cccc2c1C(N)=NS(=O)(=O)C2. The van der Waals surface area contributed by atoms with Crippen LogP contribution >= 0.6 is 0 Å². The molecule has 0 unspecified atom stereocenters. The summed E-state index contributed by atoms with van der Waals surface area (Å²) in [4.78, 5) is 0. The summed E-state index contributed by atoms with van der Waals surface area (Å²) < 4.78 is 58.3. The Bertz CT molecular complexity index is 799. The van der Waals surface area contributed by atoms with Crippen molar-refractivity contribution in [3.63, 3.8) is 0 Å². The van der Waals surface area contributed by atoms with E-state index in [0.717, 1.165) is 6.26 Å². The Hall–Kier alpha value is -1.65. The van der Waals surface area contributed by atoms with Gasteiger partial charge in [-0.1, -0.05) is 12.1 Å². The van der Waals surface area contributed by atoms with Gasteiger partial charge in [0, 0.05) is 6.42 Å². The zero-order chi connectivity index (χ0) is 16.4. The highest BCUT2D eigenvalue weighted by molar-refractivity contribution is 7.89. The van der Waals surface area contributed by atoms with Crippen LogP contribution in [0.3, 0.4) is 0 Å². The summed E-state index contributed by atoms with van der Waals surface area (Å²) in [7, 11) is -7.05. The maximum absolute atomic E-state index is 11.5. The van der Waals surface area contributed by atoms with E-state index in [1.54, 1.807) is 18.2 Å². The van der Waals surface area contributed by atoms with Crippen LogP contribution in [0.1, 0.15) is 17.5 Å². The number of hydrogen-bond donors (Lipinski definition) is 1. The van der Waals surface area contributed by atoms with Crippen molar-refractivity contribution >= 4 is 26.0 Å². The monoisotopic (exact) mass is 348 g/mol. The fraction of sp³-hybridized carbons (Fsp3) is 0.417. The van der Waals surface area contributed by atoms with E-state index in [1.807, 2.05) is 0 Å². The number of nitrogens with zero attached hydrogens (tertiary/aromatic N) is 1. The zero-order valence-corrected chi connectivity index (χ0v) is 13.5. The molecule has 0 spiro atoms. The first kappa shape index (κ1) is 16.7. The second-order valence-corrected chi connectivity index (χ2v) is 8.00. The van der Waals surface area contributed by atoms with Gasteiger partial charge in [-0.2, -0.15) is 8.42 Å². The molecule has 0 amide bonds. The highest BCUT2D eigenvalue weighted by atomic mass is 32.2. The van der Waals surface area contributed by atoms with E-state index in [4.69, 9.17) is 10.5 Å². The molecule has 1 aliphatic rings. The molecule has 2 rings (SSSR count). The van der Waals surface area contributed by atoms with Crippen molar-refractivity contribution in [3.8, 4) is 5.75 Å². The Morgan fingerprint density at radius 2 is 2.05 bits per heavy atom. The molecule has 0 saturated carbocycles. The molecule has 0 atom stereocenters. The largest absolute Gasteiger partial charge is 0.493 e. The minimum absolute atomic E-state index is 0.00576. The molecule has 122 valence electrons. The van der Waals surface area contributed by atoms with Gasteiger partial charge in [0.2, 0.25) is 0 Å². The summed E-state index contributed by atoms with van der Waals surface area (Å²) in [6.45, 7) is 0.206. The van der Waals surface area contributed by atoms with Crippen LogP contribution in [0.5, 0.6) is 5.75 Å². The highest BCUT2D eigenvalue weighted by Crippen LogP contribution is 2.28. The smallest absolute Gasteiger partial charge is 0.264 e. The van der Waals surface area contributed by atoms with E-state index in [1.165, 1.54) is 0 Å². The van der Waals surface area contributed by atoms with Gasteiger partial charge in [0.05, 0.1) is 30.8 Å². The number of hydrogen-bond acceptors (Lipinski definition) is 7. The number of amidine groups is 1. The van der Waals surface area contributed by atoms with E-state index in [0.29, 0.717) is 23.3 Å². The molecular weight excluding hydrogens is 332 g/mol. The van der Waals surface area contributed by atoms with Crippen molar-refractivity contribution in [1.29, 1.82) is 0 Å². The third-order valence-corrected chi connectivity index (χ3v) is 4.53. The molecule has 1 aromatic rings. The summed E-state index contributed by atoms with van der Waals surface area (Å²) >= 11 is 0. The lowest BCUT2D eigenvalue weighted by Crippen LogP contribution is -2.24. The minimum Gasteiger partial charge on any atom is -0.493 e. The van der Waals surface area contributed by atoms with Crippen LogP contribution in [0.2, 0.25) is 0 Å². The highest BCUT2D eigenvalue weighted by Gasteiger charge is 2.25. The van der Waals surface area contributed by atoms with E-state index in [2.05, 4.69) is 8.58 Å². The molecule has 2 N–H and O–H groups in total. The van der Waals surface area contributed by atoms with Crippen LogP contribution in [0, 0.1) is 0 Å². The van der Waals surface area contributed by atoms with Gasteiger partial charge in [-0.15, -0.1) is 4.40 Å². The second kappa shape index (κ2) is 6.23. The number of fused-ring (bicyclic) bond motifs is 1. The number of rotatable bonds is 6. The molecule has 1 heterocycles. The average Bonchev–Trinajstić information content (AvgIpc) is 2.35. The predicted molar refractivity (Wildman–Crippen MR) is 80.7 cm³/mol. The van der Waals surface area contributed by atoms with Crippen LogP contribution in [-0.4, -0.2) is 42.1 Å². The summed E-state index contributed by atoms with van der Waals surface area (Å²) in [6.07, 6.45) is 1.32. The molecule has 8 nitrogen and oxygen atoms in total. The third-order valence-electron chi connectivity index (χ3n) is 2.79. The fourth-order valence-corrected chi connectivity index (χ4v) is 3.49. The maximum Gasteiger partial charge on any atom is 0.264 e. The Morgan fingerprint density at radius 3 is 2.73 bits per heavy atom. The predicted octanol–water partition coefficient (Wildman–Crippen LogP) is -0.0196. The van der Waals surface area contributed by atoms with Gasteiger partial charge in [0.25, 0.3) is 20.1 Å². The Kier molecular flexibility index (Phi) is 4.73. The molecule has 0 aliphatic carbocycles. The van der Waals surface area contributed by atoms with Crippen molar-refractivity contribution in [2.75, 3.05) is 19.5 Å². The molecule has 0 bridgehead atoms. The van der Waals surface area contributed by atoms with Crippen molar-refractivity contribution in [1.82, 2.24) is 0 Å². The van der Waals surface area contributed by atoms with Crippen LogP contribution < -0.4 is 10.5 Å².